The van der Waals surface area contributed by atoms with Gasteiger partial charge in [-0.15, -0.1) is 0 Å². The molecule has 1 aromatic heterocycles. The van der Waals surface area contributed by atoms with Crippen molar-refractivity contribution in [2.75, 3.05) is 5.32 Å². The molecule has 7 nitrogen and oxygen atoms in total. The number of hydrogen-bond acceptors (Lipinski definition) is 5. The molecule has 2 aromatic carbocycles. The van der Waals surface area contributed by atoms with Crippen LogP contribution in [0.1, 0.15) is 44.0 Å². The van der Waals surface area contributed by atoms with Crippen LogP contribution in [0.3, 0.4) is 0 Å². The van der Waals surface area contributed by atoms with Crippen molar-refractivity contribution < 1.29 is 18.7 Å². The van der Waals surface area contributed by atoms with Crippen molar-refractivity contribution in [3.8, 4) is 11.3 Å². The molecule has 0 radical (unpaired) electrons. The van der Waals surface area contributed by atoms with Gasteiger partial charge in [0.05, 0.1) is 17.1 Å². The number of ether oxygens (including phenoxy) is 1. The lowest BCUT2D eigenvalue weighted by Crippen LogP contribution is -2.27. The molecule has 0 spiro atoms. The van der Waals surface area contributed by atoms with Crippen molar-refractivity contribution in [3.05, 3.63) is 77.5 Å². The number of hydrogen-bond donors (Lipinski definition) is 2. The number of aromatic nitrogens is 2. The van der Waals surface area contributed by atoms with Crippen LogP contribution in [-0.2, 0) is 22.4 Å². The maximum atomic E-state index is 15.8. The van der Waals surface area contributed by atoms with Crippen LogP contribution in [0, 0.1) is 5.82 Å². The molecule has 0 aliphatic heterocycles. The quantitative estimate of drug-likeness (QED) is 0.545. The van der Waals surface area contributed by atoms with Crippen molar-refractivity contribution in [2.24, 2.45) is 5.73 Å². The highest BCUT2D eigenvalue weighted by Crippen LogP contribution is 2.32. The number of nitrogens with zero attached hydrogens (tertiary/aromatic N) is 2. The van der Waals surface area contributed by atoms with Gasteiger partial charge in [0.2, 0.25) is 5.91 Å². The maximum Gasteiger partial charge on any atom is 0.412 e. The van der Waals surface area contributed by atoms with Gasteiger partial charge in [0, 0.05) is 42.8 Å². The molecule has 0 unspecified atom stereocenters. The molecule has 33 heavy (non-hydrogen) atoms. The summed E-state index contributed by atoms with van der Waals surface area (Å²) in [5, 5.41) is 2.49. The summed E-state index contributed by atoms with van der Waals surface area (Å²) in [4.78, 5) is 32.3. The molecule has 0 aliphatic carbocycles. The normalized spacial score (nSPS) is 11.2. The van der Waals surface area contributed by atoms with E-state index in [1.54, 1.807) is 26.8 Å². The Morgan fingerprint density at radius 1 is 1.06 bits per heavy atom. The van der Waals surface area contributed by atoms with Gasteiger partial charge in [0.25, 0.3) is 0 Å². The number of nitrogens with one attached hydrogen (secondary N) is 1. The van der Waals surface area contributed by atoms with Crippen LogP contribution in [0.25, 0.3) is 11.3 Å². The minimum atomic E-state index is -0.749. The Morgan fingerprint density at radius 3 is 2.42 bits per heavy atom. The van der Waals surface area contributed by atoms with Gasteiger partial charge in [-0.1, -0.05) is 36.4 Å². The first kappa shape index (κ1) is 23.8. The Balaban J connectivity index is 2.06. The van der Waals surface area contributed by atoms with Gasteiger partial charge in [0.15, 0.2) is 5.82 Å². The molecule has 0 bridgehead atoms. The lowest BCUT2D eigenvalue weighted by Gasteiger charge is -2.21. The van der Waals surface area contributed by atoms with E-state index in [0.29, 0.717) is 22.5 Å². The minimum absolute atomic E-state index is 0.00140. The van der Waals surface area contributed by atoms with Crippen LogP contribution in [-0.4, -0.2) is 27.6 Å². The maximum absolute atomic E-state index is 15.8. The predicted molar refractivity (Wildman–Crippen MR) is 124 cm³/mol. The zero-order valence-electron chi connectivity index (χ0n) is 18.9. The van der Waals surface area contributed by atoms with E-state index >= 15 is 4.39 Å². The highest BCUT2D eigenvalue weighted by Gasteiger charge is 2.22. The van der Waals surface area contributed by atoms with Crippen LogP contribution < -0.4 is 11.1 Å². The second-order valence-corrected chi connectivity index (χ2v) is 8.56. The molecule has 172 valence electrons. The van der Waals surface area contributed by atoms with E-state index in [9.17, 15) is 9.59 Å². The van der Waals surface area contributed by atoms with Gasteiger partial charge in [-0.2, -0.15) is 0 Å². The summed E-state index contributed by atoms with van der Waals surface area (Å²) < 4.78 is 21.0. The number of carbonyl (C=O) groups is 2. The smallest absolute Gasteiger partial charge is 0.412 e. The summed E-state index contributed by atoms with van der Waals surface area (Å²) in [5.41, 5.74) is 7.34. The number of rotatable bonds is 7. The fraction of sp³-hybridized carbons (Fsp3) is 0.280. The highest BCUT2D eigenvalue weighted by atomic mass is 19.1. The van der Waals surface area contributed by atoms with Crippen molar-refractivity contribution in [1.82, 2.24) is 9.97 Å². The minimum Gasteiger partial charge on any atom is -0.444 e. The Bertz CT molecular complexity index is 1140. The number of amides is 2. The molecule has 3 rings (SSSR count). The molecule has 1 heterocycles. The number of primary amides is 1. The monoisotopic (exact) mass is 450 g/mol. The zero-order chi connectivity index (χ0) is 24.0. The third kappa shape index (κ3) is 6.58. The van der Waals surface area contributed by atoms with Crippen LogP contribution in [0.4, 0.5) is 14.9 Å². The lowest BCUT2D eigenvalue weighted by atomic mass is 9.94. The second kappa shape index (κ2) is 10.2. The Kier molecular flexibility index (Phi) is 7.37. The number of halogens is 1. The summed E-state index contributed by atoms with van der Waals surface area (Å²) in [7, 11) is 0. The molecular formula is C25H27FN4O3. The molecule has 0 saturated heterocycles. The van der Waals surface area contributed by atoms with Gasteiger partial charge in [0.1, 0.15) is 5.60 Å². The first-order valence-electron chi connectivity index (χ1n) is 10.6. The van der Waals surface area contributed by atoms with Crippen LogP contribution in [0.2, 0.25) is 0 Å². The molecule has 0 fully saturated rings. The Hall–Kier alpha value is -3.81. The fourth-order valence-corrected chi connectivity index (χ4v) is 3.34. The van der Waals surface area contributed by atoms with E-state index in [0.717, 1.165) is 5.56 Å². The summed E-state index contributed by atoms with van der Waals surface area (Å²) in [6.07, 6.45) is 2.92. The molecule has 0 atom stereocenters. The van der Waals surface area contributed by atoms with Crippen molar-refractivity contribution in [1.29, 1.82) is 0 Å². The first-order chi connectivity index (χ1) is 15.6. The summed E-state index contributed by atoms with van der Waals surface area (Å²) >= 11 is 0. The summed E-state index contributed by atoms with van der Waals surface area (Å²) in [6.45, 7) is 5.19. The topological polar surface area (TPSA) is 107 Å². The summed E-state index contributed by atoms with van der Waals surface area (Å²) in [5.74, 6) is -1.05. The van der Waals surface area contributed by atoms with E-state index < -0.39 is 23.4 Å². The molecule has 2 amide bonds. The van der Waals surface area contributed by atoms with E-state index in [2.05, 4.69) is 15.3 Å². The van der Waals surface area contributed by atoms with E-state index in [1.807, 2.05) is 30.3 Å². The summed E-state index contributed by atoms with van der Waals surface area (Å²) in [6, 6.07) is 12.6. The number of carbonyl (C=O) groups excluding carboxylic acids is 2. The average molecular weight is 451 g/mol. The van der Waals surface area contributed by atoms with Crippen LogP contribution >= 0.6 is 0 Å². The number of benzene rings is 2. The molecular weight excluding hydrogens is 423 g/mol. The number of nitrogens with two attached hydrogens (primary N) is 1. The van der Waals surface area contributed by atoms with Crippen LogP contribution in [0.15, 0.2) is 54.9 Å². The third-order valence-electron chi connectivity index (χ3n) is 4.74. The standard InChI is InChI=1S/C25H27FN4O3/c1-25(2,3)33-24(32)30-19-10-9-17(18(22(19)26)15-16-7-5-4-6-8-16)23-20(11-12-21(27)31)28-13-14-29-23/h4-10,13-14H,11-12,15H2,1-3H3,(H2,27,31)(H,30,32). The van der Waals surface area contributed by atoms with Gasteiger partial charge < -0.3 is 10.5 Å². The first-order valence-corrected chi connectivity index (χ1v) is 10.6. The van der Waals surface area contributed by atoms with E-state index in [1.165, 1.54) is 18.5 Å². The van der Waals surface area contributed by atoms with Gasteiger partial charge in [-0.05, 0) is 32.4 Å². The zero-order valence-corrected chi connectivity index (χ0v) is 18.9. The number of aryl methyl sites for hydroxylation is 1. The van der Waals surface area contributed by atoms with Crippen LogP contribution in [0.5, 0.6) is 0 Å². The van der Waals surface area contributed by atoms with Gasteiger partial charge in [-0.3, -0.25) is 20.1 Å². The average Bonchev–Trinajstić information content (AvgIpc) is 2.75. The molecule has 8 heteroatoms. The molecule has 3 N–H and O–H groups in total. The van der Waals surface area contributed by atoms with Crippen molar-refractivity contribution >= 4 is 17.7 Å². The van der Waals surface area contributed by atoms with Crippen molar-refractivity contribution in [3.63, 3.8) is 0 Å². The lowest BCUT2D eigenvalue weighted by molar-refractivity contribution is -0.118. The Labute approximate surface area is 192 Å². The van der Waals surface area contributed by atoms with E-state index in [-0.39, 0.29) is 24.9 Å². The SMILES string of the molecule is CC(C)(C)OC(=O)Nc1ccc(-c2nccnc2CCC(N)=O)c(Cc2ccccc2)c1F. The second-order valence-electron chi connectivity index (χ2n) is 8.56. The largest absolute Gasteiger partial charge is 0.444 e. The van der Waals surface area contributed by atoms with Crippen molar-refractivity contribution in [2.45, 2.75) is 45.6 Å². The molecule has 0 aliphatic rings. The Morgan fingerprint density at radius 2 is 1.76 bits per heavy atom. The van der Waals surface area contributed by atoms with Gasteiger partial charge in [-0.25, -0.2) is 9.18 Å². The third-order valence-corrected chi connectivity index (χ3v) is 4.74. The number of anilines is 1. The molecule has 3 aromatic rings. The van der Waals surface area contributed by atoms with Gasteiger partial charge >= 0.3 is 6.09 Å². The highest BCUT2D eigenvalue weighted by molar-refractivity contribution is 5.86. The predicted octanol–water partition coefficient (Wildman–Crippen LogP) is 4.64. The van der Waals surface area contributed by atoms with E-state index in [4.69, 9.17) is 10.5 Å². The molecule has 0 saturated carbocycles. The fourth-order valence-electron chi connectivity index (χ4n) is 3.34.